The summed E-state index contributed by atoms with van der Waals surface area (Å²) < 4.78 is 30.6. The number of anilines is 1. The molecular weight excluding hydrogens is 405 g/mol. The van der Waals surface area contributed by atoms with Crippen LogP contribution in [0.5, 0.6) is 0 Å². The highest BCUT2D eigenvalue weighted by molar-refractivity contribution is 7.91. The lowest BCUT2D eigenvalue weighted by Crippen LogP contribution is -2.20. The Morgan fingerprint density at radius 3 is 1.97 bits per heavy atom. The minimum Gasteiger partial charge on any atom is -0.386 e. The first-order chi connectivity index (χ1) is 13.7. The van der Waals surface area contributed by atoms with Crippen LogP contribution in [0, 0.1) is 5.82 Å². The molecule has 4 N–H and O–H groups in total. The molecule has 1 atom stereocenters. The van der Waals surface area contributed by atoms with E-state index in [0.717, 1.165) is 0 Å². The van der Waals surface area contributed by atoms with E-state index in [-0.39, 0.29) is 22.5 Å². The van der Waals surface area contributed by atoms with Crippen LogP contribution in [0.1, 0.15) is 70.1 Å². The SMILES string of the molecule is CC(C)c1cc(F)cc(C(C)C)c1NC(=O)N=S(N)(=O)c1ccc(C(C)(C)O)cc1. The molecule has 0 saturated heterocycles. The van der Waals surface area contributed by atoms with E-state index in [1.54, 1.807) is 26.0 Å². The number of rotatable bonds is 5. The first-order valence-corrected chi connectivity index (χ1v) is 11.3. The number of aliphatic hydroxyl groups is 1. The van der Waals surface area contributed by atoms with E-state index in [1.165, 1.54) is 24.3 Å². The third-order valence-electron chi connectivity index (χ3n) is 4.76. The first-order valence-electron chi connectivity index (χ1n) is 9.74. The molecular formula is C22H30FN3O3S. The minimum absolute atomic E-state index is 0.0508. The molecule has 0 fully saturated rings. The molecule has 2 rings (SSSR count). The maximum absolute atomic E-state index is 14.1. The van der Waals surface area contributed by atoms with Gasteiger partial charge in [-0.15, -0.1) is 4.36 Å². The molecule has 0 bridgehead atoms. The highest BCUT2D eigenvalue weighted by Crippen LogP contribution is 2.34. The number of hydrogen-bond acceptors (Lipinski definition) is 3. The maximum Gasteiger partial charge on any atom is 0.354 e. The van der Waals surface area contributed by atoms with Crippen molar-refractivity contribution >= 4 is 21.6 Å². The lowest BCUT2D eigenvalue weighted by Gasteiger charge is -2.20. The van der Waals surface area contributed by atoms with Crippen molar-refractivity contribution in [1.29, 1.82) is 0 Å². The predicted molar refractivity (Wildman–Crippen MR) is 118 cm³/mol. The van der Waals surface area contributed by atoms with E-state index in [1.807, 2.05) is 27.7 Å². The second-order valence-corrected chi connectivity index (χ2v) is 10.2. The standard InChI is InChI=1S/C22H30FN3O3S/c1-13(2)18-11-16(23)12-19(14(3)4)20(18)25-21(27)26-30(24,29)17-9-7-15(8-10-17)22(5,6)28/h7-14,28H,1-6H3,(H3,24,25,26,27,29). The Balaban J connectivity index is 2.43. The van der Waals surface area contributed by atoms with Crippen LogP contribution in [-0.2, 0) is 15.5 Å². The van der Waals surface area contributed by atoms with Gasteiger partial charge in [0, 0.05) is 5.69 Å². The molecule has 0 aliphatic heterocycles. The van der Waals surface area contributed by atoms with Gasteiger partial charge in [0.05, 0.1) is 10.5 Å². The second-order valence-electron chi connectivity index (χ2n) is 8.44. The Hall–Kier alpha value is -2.29. The summed E-state index contributed by atoms with van der Waals surface area (Å²) in [6.45, 7) is 10.8. The van der Waals surface area contributed by atoms with Gasteiger partial charge in [-0.25, -0.2) is 18.5 Å². The Morgan fingerprint density at radius 2 is 1.57 bits per heavy atom. The zero-order valence-corrected chi connectivity index (χ0v) is 19.0. The molecule has 30 heavy (non-hydrogen) atoms. The fourth-order valence-corrected chi connectivity index (χ4v) is 3.99. The molecule has 0 radical (unpaired) electrons. The van der Waals surface area contributed by atoms with Gasteiger partial charge in [0.15, 0.2) is 0 Å². The van der Waals surface area contributed by atoms with Gasteiger partial charge in [-0.1, -0.05) is 39.8 Å². The zero-order valence-electron chi connectivity index (χ0n) is 18.2. The summed E-state index contributed by atoms with van der Waals surface area (Å²) in [5.41, 5.74) is 1.26. The van der Waals surface area contributed by atoms with Crippen LogP contribution in [0.3, 0.4) is 0 Å². The van der Waals surface area contributed by atoms with E-state index in [2.05, 4.69) is 9.68 Å². The third-order valence-corrected chi connectivity index (χ3v) is 6.14. The van der Waals surface area contributed by atoms with E-state index in [9.17, 15) is 18.5 Å². The van der Waals surface area contributed by atoms with Crippen molar-refractivity contribution in [2.24, 2.45) is 9.50 Å². The largest absolute Gasteiger partial charge is 0.386 e. The summed E-state index contributed by atoms with van der Waals surface area (Å²) in [6.07, 6.45) is 0. The number of nitrogens with one attached hydrogen (secondary N) is 1. The summed E-state index contributed by atoms with van der Waals surface area (Å²) in [7, 11) is -3.51. The number of halogens is 1. The van der Waals surface area contributed by atoms with Gasteiger partial charge >= 0.3 is 6.03 Å². The van der Waals surface area contributed by atoms with Gasteiger partial charge < -0.3 is 10.4 Å². The van der Waals surface area contributed by atoms with Gasteiger partial charge in [-0.3, -0.25) is 0 Å². The molecule has 2 amide bonds. The molecule has 0 aliphatic rings. The van der Waals surface area contributed by atoms with Gasteiger partial charge in [0.2, 0.25) is 0 Å². The van der Waals surface area contributed by atoms with Crippen molar-refractivity contribution in [3.8, 4) is 0 Å². The van der Waals surface area contributed by atoms with Crippen LogP contribution in [0.2, 0.25) is 0 Å². The van der Waals surface area contributed by atoms with E-state index < -0.39 is 21.5 Å². The molecule has 0 heterocycles. The summed E-state index contributed by atoms with van der Waals surface area (Å²) in [5, 5.41) is 18.5. The number of benzene rings is 2. The molecule has 164 valence electrons. The van der Waals surface area contributed by atoms with Crippen LogP contribution in [0.25, 0.3) is 0 Å². The normalized spacial score (nSPS) is 14.0. The number of nitrogens with two attached hydrogens (primary N) is 1. The lowest BCUT2D eigenvalue weighted by molar-refractivity contribution is 0.0785. The molecule has 2 aromatic rings. The van der Waals surface area contributed by atoms with Crippen LogP contribution in [-0.4, -0.2) is 15.3 Å². The number of hydrogen-bond donors (Lipinski definition) is 3. The lowest BCUT2D eigenvalue weighted by atomic mass is 9.92. The van der Waals surface area contributed by atoms with Crippen molar-refractivity contribution < 1.29 is 18.5 Å². The van der Waals surface area contributed by atoms with Crippen molar-refractivity contribution in [1.82, 2.24) is 0 Å². The van der Waals surface area contributed by atoms with Crippen LogP contribution in [0.4, 0.5) is 14.9 Å². The predicted octanol–water partition coefficient (Wildman–Crippen LogP) is 5.23. The average Bonchev–Trinajstić information content (AvgIpc) is 2.61. The fourth-order valence-electron chi connectivity index (χ4n) is 3.07. The zero-order chi connectivity index (χ0) is 22.9. The Labute approximate surface area is 178 Å². The van der Waals surface area contributed by atoms with Gasteiger partial charge in [0.25, 0.3) is 0 Å². The smallest absolute Gasteiger partial charge is 0.354 e. The molecule has 6 nitrogen and oxygen atoms in total. The molecule has 0 aromatic heterocycles. The van der Waals surface area contributed by atoms with Crippen LogP contribution >= 0.6 is 0 Å². The number of nitrogens with zero attached hydrogens (tertiary/aromatic N) is 1. The topological polar surface area (TPSA) is 105 Å². The fraction of sp³-hybridized carbons (Fsp3) is 0.409. The number of urea groups is 1. The summed E-state index contributed by atoms with van der Waals surface area (Å²) >= 11 is 0. The number of carbonyl (C=O) groups is 1. The Kier molecular flexibility index (Phi) is 7.06. The van der Waals surface area contributed by atoms with Crippen LogP contribution in [0.15, 0.2) is 45.7 Å². The number of carbonyl (C=O) groups excluding carboxylic acids is 1. The van der Waals surface area contributed by atoms with Crippen molar-refractivity contribution in [3.05, 3.63) is 58.9 Å². The second kappa shape index (κ2) is 8.83. The molecule has 1 unspecified atom stereocenters. The minimum atomic E-state index is -3.51. The van der Waals surface area contributed by atoms with E-state index in [4.69, 9.17) is 5.14 Å². The molecule has 0 spiro atoms. The molecule has 0 aliphatic carbocycles. The maximum atomic E-state index is 14.1. The Morgan fingerprint density at radius 1 is 1.10 bits per heavy atom. The van der Waals surface area contributed by atoms with Gasteiger partial charge in [0.1, 0.15) is 15.7 Å². The summed E-state index contributed by atoms with van der Waals surface area (Å²) in [6, 6.07) is 8.01. The summed E-state index contributed by atoms with van der Waals surface area (Å²) in [4.78, 5) is 12.8. The molecule has 0 saturated carbocycles. The van der Waals surface area contributed by atoms with Crippen molar-refractivity contribution in [2.75, 3.05) is 5.32 Å². The molecule has 2 aromatic carbocycles. The highest BCUT2D eigenvalue weighted by atomic mass is 32.2. The monoisotopic (exact) mass is 435 g/mol. The van der Waals surface area contributed by atoms with Crippen LogP contribution < -0.4 is 10.5 Å². The van der Waals surface area contributed by atoms with Crippen molar-refractivity contribution in [3.63, 3.8) is 0 Å². The highest BCUT2D eigenvalue weighted by Gasteiger charge is 2.20. The van der Waals surface area contributed by atoms with Gasteiger partial charge in [-0.2, -0.15) is 0 Å². The number of amides is 2. The quantitative estimate of drug-likeness (QED) is 0.598. The average molecular weight is 436 g/mol. The van der Waals surface area contributed by atoms with Crippen molar-refractivity contribution in [2.45, 2.75) is 63.9 Å². The van der Waals surface area contributed by atoms with E-state index in [0.29, 0.717) is 22.4 Å². The first kappa shape index (κ1) is 24.0. The third kappa shape index (κ3) is 5.65. The van der Waals surface area contributed by atoms with E-state index >= 15 is 0 Å². The molecule has 8 heteroatoms. The summed E-state index contributed by atoms with van der Waals surface area (Å²) in [5.74, 6) is -0.484. The Bertz CT molecular complexity index is 1020. The van der Waals surface area contributed by atoms with Gasteiger partial charge in [-0.05, 0) is 66.6 Å².